The first-order valence-corrected chi connectivity index (χ1v) is 8.94. The summed E-state index contributed by atoms with van der Waals surface area (Å²) in [5, 5.41) is 3.22. The number of rotatable bonds is 4. The number of halogens is 2. The molecule has 3 N–H and O–H groups in total. The second-order valence-electron chi connectivity index (χ2n) is 6.68. The van der Waals surface area contributed by atoms with Crippen LogP contribution in [-0.2, 0) is 0 Å². The number of aryl methyl sites for hydroxylation is 1. The normalized spacial score (nSPS) is 18.9. The molecule has 2 unspecified atom stereocenters. The van der Waals surface area contributed by atoms with Crippen molar-refractivity contribution >= 4 is 41.5 Å². The molecule has 0 radical (unpaired) electrons. The highest BCUT2D eigenvalue weighted by atomic mass is 35.5. The van der Waals surface area contributed by atoms with Gasteiger partial charge in [-0.25, -0.2) is 0 Å². The van der Waals surface area contributed by atoms with Gasteiger partial charge in [-0.1, -0.05) is 11.6 Å². The van der Waals surface area contributed by atoms with E-state index in [9.17, 15) is 9.59 Å². The van der Waals surface area contributed by atoms with E-state index in [0.29, 0.717) is 46.6 Å². The van der Waals surface area contributed by atoms with E-state index >= 15 is 0 Å². The minimum Gasteiger partial charge on any atom is -0.469 e. The molecule has 8 heteroatoms. The average Bonchev–Trinajstić information content (AvgIpc) is 3.20. The molecule has 3 rings (SSSR count). The predicted molar refractivity (Wildman–Crippen MR) is 108 cm³/mol. The van der Waals surface area contributed by atoms with Gasteiger partial charge < -0.3 is 20.4 Å². The van der Waals surface area contributed by atoms with Gasteiger partial charge in [-0.05, 0) is 57.0 Å². The molecular formula is C19H23Cl2N3O3. The van der Waals surface area contributed by atoms with Crippen molar-refractivity contribution in [2.45, 2.75) is 26.3 Å². The van der Waals surface area contributed by atoms with Crippen LogP contribution in [0.4, 0.5) is 5.69 Å². The fourth-order valence-electron chi connectivity index (χ4n) is 3.37. The van der Waals surface area contributed by atoms with Gasteiger partial charge in [-0.15, -0.1) is 12.4 Å². The Morgan fingerprint density at radius 1 is 1.33 bits per heavy atom. The molecule has 1 fully saturated rings. The molecule has 2 amide bonds. The summed E-state index contributed by atoms with van der Waals surface area (Å²) >= 11 is 6.08. The van der Waals surface area contributed by atoms with Crippen molar-refractivity contribution in [3.8, 4) is 0 Å². The van der Waals surface area contributed by atoms with Crippen LogP contribution in [0.3, 0.4) is 0 Å². The molecule has 1 aromatic carbocycles. The first-order valence-electron chi connectivity index (χ1n) is 8.56. The smallest absolute Gasteiger partial charge is 0.259 e. The molecule has 1 aliphatic heterocycles. The zero-order valence-electron chi connectivity index (χ0n) is 15.2. The number of furan rings is 1. The number of hydrogen-bond donors (Lipinski definition) is 2. The van der Waals surface area contributed by atoms with Crippen LogP contribution < -0.4 is 11.1 Å². The molecule has 146 valence electrons. The summed E-state index contributed by atoms with van der Waals surface area (Å²) in [6, 6.07) is 6.57. The summed E-state index contributed by atoms with van der Waals surface area (Å²) in [6.45, 7) is 4.89. The van der Waals surface area contributed by atoms with Gasteiger partial charge in [-0.2, -0.15) is 0 Å². The van der Waals surface area contributed by atoms with E-state index in [-0.39, 0.29) is 30.3 Å². The minimum absolute atomic E-state index is 0. The van der Waals surface area contributed by atoms with E-state index < -0.39 is 0 Å². The van der Waals surface area contributed by atoms with Crippen molar-refractivity contribution in [3.63, 3.8) is 0 Å². The van der Waals surface area contributed by atoms with Gasteiger partial charge in [0.2, 0.25) is 0 Å². The molecule has 0 saturated carbocycles. The second kappa shape index (κ2) is 8.78. The fourth-order valence-corrected chi connectivity index (χ4v) is 3.54. The molecule has 1 aromatic heterocycles. The standard InChI is InChI=1S/C19H22ClN3O3.ClH/c1-11-7-13(9-21)10-23(11)19(25)16-4-3-14(20)8-17(16)22-18(24)15-5-6-26-12(15)2;/h3-6,8,11,13H,7,9-10,21H2,1-2H3,(H,22,24);1H. The summed E-state index contributed by atoms with van der Waals surface area (Å²) in [5.74, 6) is 0.329. The monoisotopic (exact) mass is 411 g/mol. The molecule has 2 aromatic rings. The lowest BCUT2D eigenvalue weighted by atomic mass is 10.1. The minimum atomic E-state index is -0.345. The van der Waals surface area contributed by atoms with Crippen molar-refractivity contribution in [1.82, 2.24) is 4.90 Å². The van der Waals surface area contributed by atoms with E-state index in [2.05, 4.69) is 5.32 Å². The maximum atomic E-state index is 13.1. The van der Waals surface area contributed by atoms with Gasteiger partial charge in [-0.3, -0.25) is 9.59 Å². The average molecular weight is 412 g/mol. The molecule has 0 spiro atoms. The van der Waals surface area contributed by atoms with Crippen molar-refractivity contribution in [1.29, 1.82) is 0 Å². The Labute approximate surface area is 169 Å². The molecule has 0 bridgehead atoms. The highest BCUT2D eigenvalue weighted by Gasteiger charge is 2.33. The Morgan fingerprint density at radius 3 is 2.67 bits per heavy atom. The van der Waals surface area contributed by atoms with Gasteiger partial charge in [0.05, 0.1) is 23.1 Å². The molecule has 0 aliphatic carbocycles. The maximum absolute atomic E-state index is 13.1. The van der Waals surface area contributed by atoms with Crippen LogP contribution in [0.15, 0.2) is 34.9 Å². The molecule has 2 heterocycles. The number of anilines is 1. The lowest BCUT2D eigenvalue weighted by Crippen LogP contribution is -2.35. The molecule has 2 atom stereocenters. The van der Waals surface area contributed by atoms with Crippen molar-refractivity contribution in [2.24, 2.45) is 11.7 Å². The van der Waals surface area contributed by atoms with Crippen LogP contribution in [0.25, 0.3) is 0 Å². The number of carbonyl (C=O) groups is 2. The summed E-state index contributed by atoms with van der Waals surface area (Å²) < 4.78 is 5.17. The summed E-state index contributed by atoms with van der Waals surface area (Å²) in [6.07, 6.45) is 2.33. The van der Waals surface area contributed by atoms with Gasteiger partial charge in [0.25, 0.3) is 11.8 Å². The van der Waals surface area contributed by atoms with Crippen LogP contribution in [0.2, 0.25) is 5.02 Å². The van der Waals surface area contributed by atoms with Crippen LogP contribution >= 0.6 is 24.0 Å². The van der Waals surface area contributed by atoms with Crippen LogP contribution in [0.1, 0.15) is 39.8 Å². The van der Waals surface area contributed by atoms with Crippen molar-refractivity contribution < 1.29 is 14.0 Å². The zero-order valence-corrected chi connectivity index (χ0v) is 16.8. The Hall–Kier alpha value is -2.02. The number of likely N-dealkylation sites (tertiary alicyclic amines) is 1. The van der Waals surface area contributed by atoms with Gasteiger partial charge in [0.15, 0.2) is 0 Å². The highest BCUT2D eigenvalue weighted by molar-refractivity contribution is 6.31. The predicted octanol–water partition coefficient (Wildman–Crippen LogP) is 3.72. The molecule has 6 nitrogen and oxygen atoms in total. The molecular weight excluding hydrogens is 389 g/mol. The lowest BCUT2D eigenvalue weighted by molar-refractivity contribution is 0.0744. The van der Waals surface area contributed by atoms with Gasteiger partial charge in [0.1, 0.15) is 5.76 Å². The number of hydrogen-bond acceptors (Lipinski definition) is 4. The first-order chi connectivity index (χ1) is 12.4. The lowest BCUT2D eigenvalue weighted by Gasteiger charge is -2.23. The third-order valence-electron chi connectivity index (χ3n) is 4.82. The number of benzene rings is 1. The largest absolute Gasteiger partial charge is 0.469 e. The first kappa shape index (κ1) is 21.3. The number of nitrogens with one attached hydrogen (secondary N) is 1. The number of nitrogens with two attached hydrogens (primary N) is 1. The topological polar surface area (TPSA) is 88.6 Å². The van der Waals surface area contributed by atoms with E-state index in [1.807, 2.05) is 6.92 Å². The zero-order chi connectivity index (χ0) is 18.8. The third-order valence-corrected chi connectivity index (χ3v) is 5.05. The quantitative estimate of drug-likeness (QED) is 0.801. The third kappa shape index (κ3) is 4.46. The molecule has 27 heavy (non-hydrogen) atoms. The van der Waals surface area contributed by atoms with Gasteiger partial charge in [0, 0.05) is 17.6 Å². The Bertz CT molecular complexity index is 837. The van der Waals surface area contributed by atoms with Crippen LogP contribution in [0, 0.1) is 12.8 Å². The summed E-state index contributed by atoms with van der Waals surface area (Å²) in [7, 11) is 0. The SMILES string of the molecule is Cc1occc1C(=O)Nc1cc(Cl)ccc1C(=O)N1CC(CN)CC1C.Cl. The van der Waals surface area contributed by atoms with E-state index in [1.54, 1.807) is 36.1 Å². The summed E-state index contributed by atoms with van der Waals surface area (Å²) in [5.41, 5.74) is 6.97. The van der Waals surface area contributed by atoms with Gasteiger partial charge >= 0.3 is 0 Å². The number of carbonyl (C=O) groups excluding carboxylic acids is 2. The van der Waals surface area contributed by atoms with Crippen molar-refractivity contribution in [3.05, 3.63) is 52.4 Å². The van der Waals surface area contributed by atoms with Crippen molar-refractivity contribution in [2.75, 3.05) is 18.4 Å². The fraction of sp³-hybridized carbons (Fsp3) is 0.368. The molecule has 1 saturated heterocycles. The summed E-state index contributed by atoms with van der Waals surface area (Å²) in [4.78, 5) is 27.4. The highest BCUT2D eigenvalue weighted by Crippen LogP contribution is 2.28. The second-order valence-corrected chi connectivity index (χ2v) is 7.11. The Balaban J connectivity index is 0.00000261. The van der Waals surface area contributed by atoms with E-state index in [0.717, 1.165) is 6.42 Å². The molecule has 1 aliphatic rings. The van der Waals surface area contributed by atoms with Crippen LogP contribution in [-0.4, -0.2) is 35.8 Å². The Kier molecular flexibility index (Phi) is 6.92. The maximum Gasteiger partial charge on any atom is 0.259 e. The van der Waals surface area contributed by atoms with E-state index in [1.165, 1.54) is 6.26 Å². The number of nitrogens with zero attached hydrogens (tertiary/aromatic N) is 1. The number of amides is 2. The van der Waals surface area contributed by atoms with E-state index in [4.69, 9.17) is 21.8 Å². The Morgan fingerprint density at radius 2 is 2.07 bits per heavy atom. The van der Waals surface area contributed by atoms with Crippen LogP contribution in [0.5, 0.6) is 0 Å².